The maximum absolute atomic E-state index is 12.8. The minimum Gasteiger partial charge on any atom is -0.490 e. The Labute approximate surface area is 143 Å². The Kier molecular flexibility index (Phi) is 4.50. The molecule has 1 N–H and O–H groups in total. The van der Waals surface area contributed by atoms with Crippen LogP contribution in [0.25, 0.3) is 10.8 Å². The fraction of sp³-hybridized carbons (Fsp3) is 0.450. The lowest BCUT2D eigenvalue weighted by atomic mass is 9.98. The number of fused-ring (bicyclic) bond motifs is 1. The van der Waals surface area contributed by atoms with Crippen LogP contribution in [0.2, 0.25) is 0 Å². The van der Waals surface area contributed by atoms with Crippen LogP contribution >= 0.6 is 0 Å². The van der Waals surface area contributed by atoms with E-state index in [0.29, 0.717) is 5.92 Å². The van der Waals surface area contributed by atoms with E-state index < -0.39 is 5.60 Å². The molecule has 4 nitrogen and oxygen atoms in total. The van der Waals surface area contributed by atoms with Gasteiger partial charge in [-0.05, 0) is 51.7 Å². The predicted octanol–water partition coefficient (Wildman–Crippen LogP) is 4.38. The highest BCUT2D eigenvalue weighted by Crippen LogP contribution is 2.42. The molecular weight excluding hydrogens is 302 g/mol. The lowest BCUT2D eigenvalue weighted by Gasteiger charge is -2.27. The van der Waals surface area contributed by atoms with Crippen molar-refractivity contribution in [3.63, 3.8) is 0 Å². The average Bonchev–Trinajstić information content (AvgIpc) is 3.41. The first kappa shape index (κ1) is 16.8. The van der Waals surface area contributed by atoms with E-state index in [1.165, 1.54) is 0 Å². The van der Waals surface area contributed by atoms with Crippen LogP contribution in [0.5, 0.6) is 5.75 Å². The van der Waals surface area contributed by atoms with Crippen molar-refractivity contribution in [2.75, 3.05) is 12.4 Å². The van der Waals surface area contributed by atoms with Crippen LogP contribution in [0.3, 0.4) is 0 Å². The van der Waals surface area contributed by atoms with E-state index in [-0.39, 0.29) is 12.0 Å². The number of hydrogen-bond donors (Lipinski definition) is 1. The van der Waals surface area contributed by atoms with Gasteiger partial charge in [0.25, 0.3) is 5.91 Å². The summed E-state index contributed by atoms with van der Waals surface area (Å²) in [6.45, 7) is 5.88. The first-order valence-electron chi connectivity index (χ1n) is 8.50. The van der Waals surface area contributed by atoms with Gasteiger partial charge in [0.05, 0.1) is 6.10 Å². The van der Waals surface area contributed by atoms with Crippen LogP contribution in [-0.4, -0.2) is 24.7 Å². The summed E-state index contributed by atoms with van der Waals surface area (Å²) in [7, 11) is 1.61. The van der Waals surface area contributed by atoms with Crippen LogP contribution in [0, 0.1) is 5.92 Å². The van der Waals surface area contributed by atoms with E-state index in [4.69, 9.17) is 9.47 Å². The molecule has 128 valence electrons. The van der Waals surface area contributed by atoms with Gasteiger partial charge in [-0.25, -0.2) is 0 Å². The Morgan fingerprint density at radius 2 is 1.83 bits per heavy atom. The third-order valence-electron chi connectivity index (χ3n) is 4.73. The fourth-order valence-electron chi connectivity index (χ4n) is 3.06. The SMILES string of the molecule is COC(C)(C(=O)Nc1ccc(OC(C)C)c2ccccc12)C1CC1. The average molecular weight is 327 g/mol. The molecule has 1 amide bonds. The van der Waals surface area contributed by atoms with E-state index >= 15 is 0 Å². The monoisotopic (exact) mass is 327 g/mol. The minimum absolute atomic E-state index is 0.0878. The summed E-state index contributed by atoms with van der Waals surface area (Å²) in [5.41, 5.74) is 0.0180. The Morgan fingerprint density at radius 3 is 2.42 bits per heavy atom. The quantitative estimate of drug-likeness (QED) is 0.856. The summed E-state index contributed by atoms with van der Waals surface area (Å²) >= 11 is 0. The first-order chi connectivity index (χ1) is 11.5. The van der Waals surface area contributed by atoms with Crippen LogP contribution < -0.4 is 10.1 Å². The maximum atomic E-state index is 12.8. The summed E-state index contributed by atoms with van der Waals surface area (Å²) in [5.74, 6) is 1.04. The number of carbonyl (C=O) groups excluding carboxylic acids is 1. The number of methoxy groups -OCH3 is 1. The molecule has 0 heterocycles. The van der Waals surface area contributed by atoms with Crippen molar-refractivity contribution >= 4 is 22.4 Å². The number of carbonyl (C=O) groups is 1. The topological polar surface area (TPSA) is 47.6 Å². The van der Waals surface area contributed by atoms with E-state index in [1.807, 2.05) is 57.2 Å². The molecule has 0 bridgehead atoms. The Hall–Kier alpha value is -2.07. The van der Waals surface area contributed by atoms with Crippen molar-refractivity contribution in [2.45, 2.75) is 45.3 Å². The van der Waals surface area contributed by atoms with Crippen LogP contribution in [-0.2, 0) is 9.53 Å². The van der Waals surface area contributed by atoms with Gasteiger partial charge in [-0.1, -0.05) is 24.3 Å². The van der Waals surface area contributed by atoms with Crippen molar-refractivity contribution in [2.24, 2.45) is 5.92 Å². The van der Waals surface area contributed by atoms with E-state index in [9.17, 15) is 4.79 Å². The molecule has 0 aliphatic heterocycles. The second-order valence-corrected chi connectivity index (χ2v) is 6.86. The third kappa shape index (κ3) is 3.11. The van der Waals surface area contributed by atoms with Gasteiger partial charge in [0, 0.05) is 23.6 Å². The number of hydrogen-bond acceptors (Lipinski definition) is 3. The number of amides is 1. The Bertz CT molecular complexity index is 752. The van der Waals surface area contributed by atoms with Crippen molar-refractivity contribution in [3.8, 4) is 5.75 Å². The number of rotatable bonds is 6. The third-order valence-corrected chi connectivity index (χ3v) is 4.73. The molecule has 0 radical (unpaired) electrons. The molecule has 1 aliphatic rings. The summed E-state index contributed by atoms with van der Waals surface area (Å²) in [5, 5.41) is 5.02. The molecule has 2 aromatic rings. The van der Waals surface area contributed by atoms with Gasteiger partial charge in [-0.2, -0.15) is 0 Å². The van der Waals surface area contributed by atoms with Gasteiger partial charge in [-0.3, -0.25) is 4.79 Å². The molecule has 1 atom stereocenters. The van der Waals surface area contributed by atoms with Crippen molar-refractivity contribution < 1.29 is 14.3 Å². The van der Waals surface area contributed by atoms with Gasteiger partial charge < -0.3 is 14.8 Å². The minimum atomic E-state index is -0.770. The van der Waals surface area contributed by atoms with Crippen LogP contribution in [0.15, 0.2) is 36.4 Å². The zero-order valence-electron chi connectivity index (χ0n) is 14.8. The second-order valence-electron chi connectivity index (χ2n) is 6.86. The maximum Gasteiger partial charge on any atom is 0.256 e. The molecule has 2 aromatic carbocycles. The van der Waals surface area contributed by atoms with Gasteiger partial charge in [0.1, 0.15) is 11.4 Å². The highest BCUT2D eigenvalue weighted by Gasteiger charge is 2.47. The normalized spacial score (nSPS) is 16.9. The molecule has 0 saturated heterocycles. The van der Waals surface area contributed by atoms with Gasteiger partial charge >= 0.3 is 0 Å². The first-order valence-corrected chi connectivity index (χ1v) is 8.50. The Balaban J connectivity index is 1.94. The lowest BCUT2D eigenvalue weighted by Crippen LogP contribution is -2.44. The Morgan fingerprint density at radius 1 is 1.17 bits per heavy atom. The molecule has 3 rings (SSSR count). The van der Waals surface area contributed by atoms with Crippen LogP contribution in [0.1, 0.15) is 33.6 Å². The lowest BCUT2D eigenvalue weighted by molar-refractivity contribution is -0.138. The number of benzene rings is 2. The number of nitrogens with one attached hydrogen (secondary N) is 1. The summed E-state index contributed by atoms with van der Waals surface area (Å²) in [6.07, 6.45) is 2.18. The van der Waals surface area contributed by atoms with E-state index in [1.54, 1.807) is 7.11 Å². The fourth-order valence-corrected chi connectivity index (χ4v) is 3.06. The standard InChI is InChI=1S/C20H25NO3/c1-13(2)24-18-12-11-17(15-7-5-6-8-16(15)18)21-19(22)20(3,23-4)14-9-10-14/h5-8,11-14H,9-10H2,1-4H3,(H,21,22). The summed E-state index contributed by atoms with van der Waals surface area (Å²) in [6, 6.07) is 11.8. The van der Waals surface area contributed by atoms with E-state index in [0.717, 1.165) is 35.1 Å². The molecule has 1 saturated carbocycles. The molecular formula is C20H25NO3. The summed E-state index contributed by atoms with van der Waals surface area (Å²) in [4.78, 5) is 12.8. The largest absolute Gasteiger partial charge is 0.490 e. The second kappa shape index (κ2) is 6.44. The zero-order valence-corrected chi connectivity index (χ0v) is 14.8. The summed E-state index contributed by atoms with van der Waals surface area (Å²) < 4.78 is 11.4. The molecule has 1 aliphatic carbocycles. The predicted molar refractivity (Wildman–Crippen MR) is 96.5 cm³/mol. The highest BCUT2D eigenvalue weighted by molar-refractivity contribution is 6.06. The van der Waals surface area contributed by atoms with Gasteiger partial charge in [0.2, 0.25) is 0 Å². The molecule has 24 heavy (non-hydrogen) atoms. The van der Waals surface area contributed by atoms with Crippen molar-refractivity contribution in [1.82, 2.24) is 0 Å². The molecule has 1 fully saturated rings. The van der Waals surface area contributed by atoms with E-state index in [2.05, 4.69) is 5.32 Å². The zero-order chi connectivity index (χ0) is 17.3. The number of ether oxygens (including phenoxy) is 2. The number of anilines is 1. The molecule has 4 heteroatoms. The molecule has 1 unspecified atom stereocenters. The molecule has 0 spiro atoms. The van der Waals surface area contributed by atoms with Crippen LogP contribution in [0.4, 0.5) is 5.69 Å². The van der Waals surface area contributed by atoms with Crippen molar-refractivity contribution in [3.05, 3.63) is 36.4 Å². The van der Waals surface area contributed by atoms with Crippen molar-refractivity contribution in [1.29, 1.82) is 0 Å². The highest BCUT2D eigenvalue weighted by atomic mass is 16.5. The molecule has 0 aromatic heterocycles. The van der Waals surface area contributed by atoms with Gasteiger partial charge in [-0.15, -0.1) is 0 Å². The smallest absolute Gasteiger partial charge is 0.256 e. The van der Waals surface area contributed by atoms with Gasteiger partial charge in [0.15, 0.2) is 0 Å².